The van der Waals surface area contributed by atoms with Crippen LogP contribution < -0.4 is 4.74 Å². The number of hydrogen-bond acceptors (Lipinski definition) is 4. The number of benzene rings is 3. The molecule has 0 saturated carbocycles. The van der Waals surface area contributed by atoms with Crippen molar-refractivity contribution in [3.05, 3.63) is 119 Å². The van der Waals surface area contributed by atoms with Gasteiger partial charge in [0.1, 0.15) is 11.8 Å². The van der Waals surface area contributed by atoms with Crippen LogP contribution in [0.4, 0.5) is 0 Å². The fourth-order valence-electron chi connectivity index (χ4n) is 5.31. The van der Waals surface area contributed by atoms with Crippen molar-refractivity contribution in [2.24, 2.45) is 0 Å². The number of aromatic nitrogens is 2. The lowest BCUT2D eigenvalue weighted by atomic mass is 9.88. The van der Waals surface area contributed by atoms with Gasteiger partial charge in [-0.1, -0.05) is 79.7 Å². The number of ether oxygens (including phenoxy) is 1. The third kappa shape index (κ3) is 4.92. The van der Waals surface area contributed by atoms with Crippen LogP contribution in [-0.4, -0.2) is 44.6 Å². The molecule has 1 aliphatic rings. The molecule has 0 unspecified atom stereocenters. The minimum absolute atomic E-state index is 0.150. The van der Waals surface area contributed by atoms with Gasteiger partial charge in [0.15, 0.2) is 0 Å². The Balaban J connectivity index is 1.46. The van der Waals surface area contributed by atoms with E-state index in [1.165, 1.54) is 4.90 Å². The highest BCUT2D eigenvalue weighted by atomic mass is 16.5. The Hall–Kier alpha value is -4.39. The van der Waals surface area contributed by atoms with E-state index in [-0.39, 0.29) is 18.9 Å². The van der Waals surface area contributed by atoms with Gasteiger partial charge in [0, 0.05) is 18.7 Å². The van der Waals surface area contributed by atoms with Gasteiger partial charge < -0.3 is 19.3 Å². The van der Waals surface area contributed by atoms with Gasteiger partial charge >= 0.3 is 5.97 Å². The highest BCUT2D eigenvalue weighted by Gasteiger charge is 2.40. The zero-order chi connectivity index (χ0) is 26.6. The fourth-order valence-corrected chi connectivity index (χ4v) is 5.31. The van der Waals surface area contributed by atoms with Crippen LogP contribution in [0.25, 0.3) is 0 Å². The maximum absolute atomic E-state index is 14.1. The van der Waals surface area contributed by atoms with E-state index in [0.29, 0.717) is 6.54 Å². The van der Waals surface area contributed by atoms with Crippen molar-refractivity contribution in [2.45, 2.75) is 44.8 Å². The summed E-state index contributed by atoms with van der Waals surface area (Å²) in [5.74, 6) is -1.00. The Kier molecular flexibility index (Phi) is 7.26. The van der Waals surface area contributed by atoms with Crippen LogP contribution in [0.15, 0.2) is 85.2 Å². The van der Waals surface area contributed by atoms with Gasteiger partial charge in [-0.25, -0.2) is 9.78 Å². The van der Waals surface area contributed by atoms with Crippen molar-refractivity contribution >= 4 is 11.9 Å². The molecule has 4 aromatic rings. The Morgan fingerprint density at radius 1 is 1.03 bits per heavy atom. The minimum atomic E-state index is -1.02. The average Bonchev–Trinajstić information content (AvgIpc) is 3.35. The molecule has 1 amide bonds. The molecule has 194 valence electrons. The first-order valence-electron chi connectivity index (χ1n) is 12.8. The highest BCUT2D eigenvalue weighted by molar-refractivity contribution is 5.91. The smallest absolute Gasteiger partial charge is 0.326 e. The molecule has 0 aliphatic carbocycles. The Labute approximate surface area is 222 Å². The van der Waals surface area contributed by atoms with Crippen molar-refractivity contribution in [3.8, 4) is 5.75 Å². The van der Waals surface area contributed by atoms with E-state index in [0.717, 1.165) is 45.8 Å². The van der Waals surface area contributed by atoms with Crippen LogP contribution in [0.5, 0.6) is 5.75 Å². The van der Waals surface area contributed by atoms with Crippen LogP contribution in [0, 0.1) is 0 Å². The number of aryl methyl sites for hydroxylation is 1. The van der Waals surface area contributed by atoms with Gasteiger partial charge in [0.25, 0.3) is 0 Å². The van der Waals surface area contributed by atoms with Gasteiger partial charge in [-0.05, 0) is 34.7 Å². The molecule has 7 nitrogen and oxygen atoms in total. The molecule has 3 aromatic carbocycles. The minimum Gasteiger partial charge on any atom is -0.496 e. The number of hydrogen-bond donors (Lipinski definition) is 1. The number of imidazole rings is 1. The van der Waals surface area contributed by atoms with Crippen molar-refractivity contribution in [1.29, 1.82) is 0 Å². The number of methoxy groups -OCH3 is 1. The lowest BCUT2D eigenvalue weighted by molar-refractivity contribution is -0.151. The molecule has 0 radical (unpaired) electrons. The number of amides is 1. The topological polar surface area (TPSA) is 84.7 Å². The normalized spacial score (nSPS) is 14.8. The van der Waals surface area contributed by atoms with E-state index in [9.17, 15) is 14.7 Å². The number of aliphatic carboxylic acids is 1. The molecule has 0 fully saturated rings. The summed E-state index contributed by atoms with van der Waals surface area (Å²) in [7, 11) is 1.67. The van der Waals surface area contributed by atoms with E-state index in [2.05, 4.69) is 18.0 Å². The monoisotopic (exact) mass is 509 g/mol. The summed E-state index contributed by atoms with van der Waals surface area (Å²) in [5, 5.41) is 10.2. The largest absolute Gasteiger partial charge is 0.496 e. The second-order valence-corrected chi connectivity index (χ2v) is 9.54. The Morgan fingerprint density at radius 3 is 2.26 bits per heavy atom. The van der Waals surface area contributed by atoms with E-state index in [1.54, 1.807) is 13.4 Å². The molecule has 1 aromatic heterocycles. The first-order chi connectivity index (χ1) is 18.5. The van der Waals surface area contributed by atoms with Gasteiger partial charge in [-0.15, -0.1) is 0 Å². The van der Waals surface area contributed by atoms with Crippen LogP contribution in [-0.2, 0) is 35.5 Å². The summed E-state index contributed by atoms with van der Waals surface area (Å²) < 4.78 is 7.45. The number of rotatable bonds is 8. The third-order valence-corrected chi connectivity index (χ3v) is 7.28. The molecule has 2 heterocycles. The zero-order valence-corrected chi connectivity index (χ0v) is 21.6. The zero-order valence-electron chi connectivity index (χ0n) is 21.6. The third-order valence-electron chi connectivity index (χ3n) is 7.28. The summed E-state index contributed by atoms with van der Waals surface area (Å²) in [5.41, 5.74) is 5.45. The summed E-state index contributed by atoms with van der Waals surface area (Å²) in [6.07, 6.45) is 2.80. The molecular formula is C31H31N3O4. The van der Waals surface area contributed by atoms with Gasteiger partial charge in [0.05, 0.1) is 31.6 Å². The molecule has 5 rings (SSSR count). The van der Waals surface area contributed by atoms with Crippen molar-refractivity contribution in [3.63, 3.8) is 0 Å². The van der Waals surface area contributed by atoms with Crippen LogP contribution in [0.3, 0.4) is 0 Å². The molecule has 38 heavy (non-hydrogen) atoms. The molecule has 1 N–H and O–H groups in total. The standard InChI is InChI=1S/C31H31N3O4/c1-3-22-16-21(14-15-28(22)38-2)18-33-20-32-25-19-34(27(31(36)37)17-26(25)33)30(35)29(23-10-6-4-7-11-23)24-12-8-5-9-13-24/h4-16,20,27,29H,3,17-19H2,1-2H3,(H,36,37)/t27-/m0/s1. The average molecular weight is 510 g/mol. The van der Waals surface area contributed by atoms with E-state index < -0.39 is 17.9 Å². The van der Waals surface area contributed by atoms with Crippen molar-refractivity contribution in [1.82, 2.24) is 14.5 Å². The SMILES string of the molecule is CCc1cc(Cn2cnc3c2C[C@@H](C(=O)O)N(C(=O)C(c2ccccc2)c2ccccc2)C3)ccc1OC. The van der Waals surface area contributed by atoms with Gasteiger partial charge in [-0.2, -0.15) is 0 Å². The van der Waals surface area contributed by atoms with E-state index in [4.69, 9.17) is 4.74 Å². The predicted molar refractivity (Wildman–Crippen MR) is 144 cm³/mol. The quantitative estimate of drug-likeness (QED) is 0.373. The fraction of sp³-hybridized carbons (Fsp3) is 0.258. The molecule has 0 bridgehead atoms. The molecule has 0 saturated heterocycles. The predicted octanol–water partition coefficient (Wildman–Crippen LogP) is 4.67. The molecule has 7 heteroatoms. The van der Waals surface area contributed by atoms with Crippen LogP contribution >= 0.6 is 0 Å². The molecular weight excluding hydrogens is 478 g/mol. The first kappa shape index (κ1) is 25.3. The summed E-state index contributed by atoms with van der Waals surface area (Å²) in [4.78, 5) is 32.6. The van der Waals surface area contributed by atoms with E-state index >= 15 is 0 Å². The number of nitrogens with zero attached hydrogens (tertiary/aromatic N) is 3. The lowest BCUT2D eigenvalue weighted by Gasteiger charge is -2.35. The number of carboxylic acid groups (broad SMARTS) is 1. The number of carbonyl (C=O) groups is 2. The Morgan fingerprint density at radius 2 is 1.68 bits per heavy atom. The number of carboxylic acids is 1. The molecule has 0 spiro atoms. The first-order valence-corrected chi connectivity index (χ1v) is 12.8. The molecule has 1 atom stereocenters. The van der Waals surface area contributed by atoms with Crippen molar-refractivity contribution in [2.75, 3.05) is 7.11 Å². The Bertz CT molecular complexity index is 1390. The van der Waals surface area contributed by atoms with Crippen LogP contribution in [0.2, 0.25) is 0 Å². The number of fused-ring (bicyclic) bond motifs is 1. The van der Waals surface area contributed by atoms with Gasteiger partial charge in [0.2, 0.25) is 5.91 Å². The maximum atomic E-state index is 14.1. The summed E-state index contributed by atoms with van der Waals surface area (Å²) in [6.45, 7) is 2.80. The lowest BCUT2D eigenvalue weighted by Crippen LogP contribution is -2.50. The molecule has 1 aliphatic heterocycles. The highest BCUT2D eigenvalue weighted by Crippen LogP contribution is 2.32. The summed E-state index contributed by atoms with van der Waals surface area (Å²) >= 11 is 0. The van der Waals surface area contributed by atoms with Gasteiger partial charge in [-0.3, -0.25) is 4.79 Å². The number of carbonyl (C=O) groups excluding carboxylic acids is 1. The van der Waals surface area contributed by atoms with Crippen LogP contribution in [0.1, 0.15) is 46.5 Å². The van der Waals surface area contributed by atoms with E-state index in [1.807, 2.05) is 77.4 Å². The van der Waals surface area contributed by atoms with Crippen molar-refractivity contribution < 1.29 is 19.4 Å². The maximum Gasteiger partial charge on any atom is 0.326 e. The second kappa shape index (κ2) is 10.9. The second-order valence-electron chi connectivity index (χ2n) is 9.54. The summed E-state index contributed by atoms with van der Waals surface area (Å²) in [6, 6.07) is 24.1.